The smallest absolute Gasteiger partial charge is 0.385 e. The number of ether oxygens (including phenoxy) is 1. The van der Waals surface area contributed by atoms with Gasteiger partial charge in [0.15, 0.2) is 5.82 Å². The van der Waals surface area contributed by atoms with Gasteiger partial charge in [0.25, 0.3) is 5.88 Å². The molecule has 1 aromatic rings. The molecule has 2 nitrogen and oxygen atoms in total. The number of hydrogen-bond acceptors (Lipinski definition) is 2. The molecule has 1 heterocycles. The van der Waals surface area contributed by atoms with Gasteiger partial charge in [-0.3, -0.25) is 0 Å². The molecular formula is C6H2BrF4NO. The highest BCUT2D eigenvalue weighted by molar-refractivity contribution is 9.10. The molecule has 1 aromatic heterocycles. The zero-order valence-corrected chi connectivity index (χ0v) is 7.49. The number of hydrogen-bond donors (Lipinski definition) is 0. The van der Waals surface area contributed by atoms with E-state index in [4.69, 9.17) is 0 Å². The van der Waals surface area contributed by atoms with E-state index in [1.807, 2.05) is 0 Å². The summed E-state index contributed by atoms with van der Waals surface area (Å²) in [4.78, 5) is 3.16. The fraction of sp³-hybridized carbons (Fsp3) is 0.167. The van der Waals surface area contributed by atoms with Crippen LogP contribution < -0.4 is 4.74 Å². The highest BCUT2D eigenvalue weighted by atomic mass is 79.9. The molecule has 0 spiro atoms. The van der Waals surface area contributed by atoms with Gasteiger partial charge in [-0.05, 0) is 28.1 Å². The molecule has 0 radical (unpaired) electrons. The van der Waals surface area contributed by atoms with Crippen LogP contribution in [-0.2, 0) is 0 Å². The average Bonchev–Trinajstić information content (AvgIpc) is 1.94. The maximum atomic E-state index is 12.6. The Morgan fingerprint density at radius 1 is 1.31 bits per heavy atom. The third kappa shape index (κ3) is 3.17. The van der Waals surface area contributed by atoms with Crippen molar-refractivity contribution in [2.45, 2.75) is 6.36 Å². The van der Waals surface area contributed by atoms with Crippen molar-refractivity contribution in [3.8, 4) is 5.88 Å². The molecule has 7 heteroatoms. The van der Waals surface area contributed by atoms with Crippen LogP contribution >= 0.6 is 15.9 Å². The van der Waals surface area contributed by atoms with E-state index in [0.717, 1.165) is 6.07 Å². The summed E-state index contributed by atoms with van der Waals surface area (Å²) in [7, 11) is 0. The molecule has 0 atom stereocenters. The lowest BCUT2D eigenvalue weighted by atomic mass is 10.5. The van der Waals surface area contributed by atoms with Gasteiger partial charge in [0, 0.05) is 0 Å². The minimum atomic E-state index is -4.94. The van der Waals surface area contributed by atoms with Gasteiger partial charge in [0.05, 0.1) is 0 Å². The summed E-state index contributed by atoms with van der Waals surface area (Å²) in [6.45, 7) is 0. The molecule has 0 aliphatic heterocycles. The van der Waals surface area contributed by atoms with E-state index >= 15 is 0 Å². The van der Waals surface area contributed by atoms with E-state index in [-0.39, 0.29) is 4.60 Å². The van der Waals surface area contributed by atoms with Crippen molar-refractivity contribution >= 4 is 15.9 Å². The van der Waals surface area contributed by atoms with Crippen molar-refractivity contribution in [2.24, 2.45) is 0 Å². The number of pyridine rings is 1. The molecular weight excluding hydrogens is 258 g/mol. The first kappa shape index (κ1) is 10.2. The molecule has 72 valence electrons. The van der Waals surface area contributed by atoms with Crippen molar-refractivity contribution < 1.29 is 22.3 Å². The van der Waals surface area contributed by atoms with Gasteiger partial charge < -0.3 is 4.74 Å². The maximum absolute atomic E-state index is 12.6. The minimum absolute atomic E-state index is 0.0631. The Morgan fingerprint density at radius 2 is 1.92 bits per heavy atom. The SMILES string of the molecule is Fc1ccc(Br)nc1OC(F)(F)F. The van der Waals surface area contributed by atoms with Crippen LogP contribution in [0.4, 0.5) is 17.6 Å². The van der Waals surface area contributed by atoms with Crippen LogP contribution in [0, 0.1) is 5.82 Å². The van der Waals surface area contributed by atoms with E-state index in [9.17, 15) is 17.6 Å². The summed E-state index contributed by atoms with van der Waals surface area (Å²) in [6.07, 6.45) is -4.94. The van der Waals surface area contributed by atoms with E-state index in [0.29, 0.717) is 0 Å². The van der Waals surface area contributed by atoms with Gasteiger partial charge in [0.2, 0.25) is 0 Å². The largest absolute Gasteiger partial charge is 0.574 e. The second-order valence-electron chi connectivity index (χ2n) is 1.97. The monoisotopic (exact) mass is 259 g/mol. The lowest BCUT2D eigenvalue weighted by Gasteiger charge is -2.07. The fourth-order valence-corrected chi connectivity index (χ4v) is 0.875. The zero-order valence-electron chi connectivity index (χ0n) is 5.90. The third-order valence-electron chi connectivity index (χ3n) is 0.992. The Labute approximate surface area is 78.7 Å². The maximum Gasteiger partial charge on any atom is 0.574 e. The van der Waals surface area contributed by atoms with Crippen LogP contribution in [0.25, 0.3) is 0 Å². The second-order valence-corrected chi connectivity index (χ2v) is 2.78. The summed E-state index contributed by atoms with van der Waals surface area (Å²) in [5.41, 5.74) is 0. The molecule has 0 N–H and O–H groups in total. The molecule has 0 unspecified atom stereocenters. The Kier molecular flexibility index (Phi) is 2.74. The molecule has 0 saturated carbocycles. The highest BCUT2D eigenvalue weighted by Gasteiger charge is 2.33. The van der Waals surface area contributed by atoms with Gasteiger partial charge in [-0.2, -0.15) is 0 Å². The summed E-state index contributed by atoms with van der Waals surface area (Å²) in [6, 6.07) is 1.98. The second kappa shape index (κ2) is 3.49. The first-order valence-electron chi connectivity index (χ1n) is 2.96. The first-order valence-corrected chi connectivity index (χ1v) is 3.75. The summed E-state index contributed by atoms with van der Waals surface area (Å²) in [5.74, 6) is -2.26. The van der Waals surface area contributed by atoms with Crippen molar-refractivity contribution in [1.29, 1.82) is 0 Å². The number of aromatic nitrogens is 1. The standard InChI is InChI=1S/C6H2BrF4NO/c7-4-2-1-3(8)5(12-4)13-6(9,10)11/h1-2H. The average molecular weight is 260 g/mol. The molecule has 0 aliphatic carbocycles. The molecule has 0 amide bonds. The van der Waals surface area contributed by atoms with Gasteiger partial charge in [-0.15, -0.1) is 13.2 Å². The van der Waals surface area contributed by atoms with E-state index in [2.05, 4.69) is 25.7 Å². The Bertz CT molecular complexity index is 314. The number of alkyl halides is 3. The number of rotatable bonds is 1. The van der Waals surface area contributed by atoms with Crippen LogP contribution in [0.2, 0.25) is 0 Å². The summed E-state index contributed by atoms with van der Waals surface area (Å²) < 4.78 is 50.8. The molecule has 0 fully saturated rings. The predicted molar refractivity (Wildman–Crippen MR) is 38.6 cm³/mol. The van der Waals surface area contributed by atoms with Gasteiger partial charge in [-0.25, -0.2) is 9.37 Å². The lowest BCUT2D eigenvalue weighted by molar-refractivity contribution is -0.277. The molecule has 0 saturated heterocycles. The third-order valence-corrected chi connectivity index (χ3v) is 1.43. The van der Waals surface area contributed by atoms with Crippen molar-refractivity contribution in [3.63, 3.8) is 0 Å². The molecule has 13 heavy (non-hydrogen) atoms. The fourth-order valence-electron chi connectivity index (χ4n) is 0.582. The van der Waals surface area contributed by atoms with Crippen LogP contribution in [0.5, 0.6) is 5.88 Å². The summed E-state index contributed by atoms with van der Waals surface area (Å²) in [5, 5.41) is 0. The van der Waals surface area contributed by atoms with Crippen LogP contribution in [0.1, 0.15) is 0 Å². The van der Waals surface area contributed by atoms with Crippen molar-refractivity contribution in [2.75, 3.05) is 0 Å². The van der Waals surface area contributed by atoms with Crippen LogP contribution in [-0.4, -0.2) is 11.3 Å². The molecule has 0 bridgehead atoms. The van der Waals surface area contributed by atoms with Gasteiger partial charge in [0.1, 0.15) is 4.60 Å². The number of nitrogens with zero attached hydrogens (tertiary/aromatic N) is 1. The van der Waals surface area contributed by atoms with Crippen molar-refractivity contribution in [3.05, 3.63) is 22.6 Å². The van der Waals surface area contributed by atoms with E-state index < -0.39 is 18.1 Å². The van der Waals surface area contributed by atoms with E-state index in [1.54, 1.807) is 0 Å². The molecule has 0 aliphatic rings. The Hall–Kier alpha value is -0.850. The first-order chi connectivity index (χ1) is 5.88. The summed E-state index contributed by atoms with van der Waals surface area (Å²) >= 11 is 2.78. The zero-order chi connectivity index (χ0) is 10.1. The normalized spacial score (nSPS) is 11.5. The lowest BCUT2D eigenvalue weighted by Crippen LogP contribution is -2.18. The van der Waals surface area contributed by atoms with Crippen LogP contribution in [0.15, 0.2) is 16.7 Å². The quantitative estimate of drug-likeness (QED) is 0.572. The van der Waals surface area contributed by atoms with Gasteiger partial charge in [-0.1, -0.05) is 0 Å². The number of halogens is 5. The molecule has 0 aromatic carbocycles. The topological polar surface area (TPSA) is 22.1 Å². The van der Waals surface area contributed by atoms with Crippen molar-refractivity contribution in [1.82, 2.24) is 4.98 Å². The van der Waals surface area contributed by atoms with E-state index in [1.165, 1.54) is 6.07 Å². The minimum Gasteiger partial charge on any atom is -0.385 e. The Balaban J connectivity index is 2.94. The van der Waals surface area contributed by atoms with Gasteiger partial charge >= 0.3 is 6.36 Å². The highest BCUT2D eigenvalue weighted by Crippen LogP contribution is 2.24. The van der Waals surface area contributed by atoms with Crippen LogP contribution in [0.3, 0.4) is 0 Å². The Morgan fingerprint density at radius 3 is 2.46 bits per heavy atom. The predicted octanol–water partition coefficient (Wildman–Crippen LogP) is 2.88. The molecule has 1 rings (SSSR count).